The number of nitrogens with zero attached hydrogens (tertiary/aromatic N) is 2. The highest BCUT2D eigenvalue weighted by atomic mass is 16.3. The minimum absolute atomic E-state index is 0.178. The number of likely N-dealkylation sites (tertiary alicyclic amines) is 1. The standard InChI is InChI=1S/C24H30N4O2/c1-16-18(7-2-3-11-28-12-4-5-13-28)22(17-9-10-17)20(25-16)15-19-23(26-27-24(19)29)21-8-6-14-30-21/h6,8,14-15,17,25H,2-5,7,9-13H2,1H3,(H,27,29)/b19-15+. The number of aromatic amines is 1. The van der Waals surface area contributed by atoms with Crippen LogP contribution in [-0.4, -0.2) is 41.1 Å². The van der Waals surface area contributed by atoms with Crippen LogP contribution in [0.1, 0.15) is 72.7 Å². The number of H-pyrrole nitrogens is 1. The first kappa shape index (κ1) is 19.4. The summed E-state index contributed by atoms with van der Waals surface area (Å²) >= 11 is 0. The zero-order chi connectivity index (χ0) is 20.5. The van der Waals surface area contributed by atoms with Crippen molar-refractivity contribution in [1.82, 2.24) is 15.3 Å². The number of rotatable bonds is 8. The number of hydrazone groups is 1. The first-order valence-electron chi connectivity index (χ1n) is 11.3. The summed E-state index contributed by atoms with van der Waals surface area (Å²) in [6.45, 7) is 5.94. The molecule has 1 saturated carbocycles. The average molecular weight is 407 g/mol. The third kappa shape index (κ3) is 3.88. The molecule has 2 N–H and O–H groups in total. The zero-order valence-corrected chi connectivity index (χ0v) is 17.7. The summed E-state index contributed by atoms with van der Waals surface area (Å²) < 4.78 is 5.48. The molecule has 0 spiro atoms. The molecular formula is C24H30N4O2. The van der Waals surface area contributed by atoms with Crippen LogP contribution in [0.5, 0.6) is 0 Å². The van der Waals surface area contributed by atoms with Gasteiger partial charge in [-0.1, -0.05) is 0 Å². The van der Waals surface area contributed by atoms with E-state index in [9.17, 15) is 4.79 Å². The van der Waals surface area contributed by atoms with E-state index in [0.29, 0.717) is 23.0 Å². The van der Waals surface area contributed by atoms with E-state index in [2.05, 4.69) is 27.3 Å². The molecule has 1 aliphatic carbocycles. The van der Waals surface area contributed by atoms with Gasteiger partial charge < -0.3 is 14.3 Å². The summed E-state index contributed by atoms with van der Waals surface area (Å²) in [5, 5.41) is 4.19. The Morgan fingerprint density at radius 2 is 2.10 bits per heavy atom. The van der Waals surface area contributed by atoms with Gasteiger partial charge in [0.15, 0.2) is 5.76 Å². The minimum atomic E-state index is -0.178. The van der Waals surface area contributed by atoms with Crippen molar-refractivity contribution in [3.8, 4) is 0 Å². The number of nitrogens with one attached hydrogen (secondary N) is 2. The van der Waals surface area contributed by atoms with Gasteiger partial charge in [-0.25, -0.2) is 5.43 Å². The van der Waals surface area contributed by atoms with Crippen LogP contribution in [0.3, 0.4) is 0 Å². The number of amides is 1. The van der Waals surface area contributed by atoms with Crippen LogP contribution in [0, 0.1) is 6.92 Å². The Bertz CT molecular complexity index is 973. The van der Waals surface area contributed by atoms with E-state index in [1.54, 1.807) is 6.26 Å². The zero-order valence-electron chi connectivity index (χ0n) is 17.7. The highest BCUT2D eigenvalue weighted by molar-refractivity contribution is 6.32. The van der Waals surface area contributed by atoms with E-state index in [1.165, 1.54) is 75.0 Å². The molecule has 2 aliphatic heterocycles. The lowest BCUT2D eigenvalue weighted by atomic mass is 9.97. The molecule has 0 radical (unpaired) electrons. The van der Waals surface area contributed by atoms with Crippen molar-refractivity contribution in [2.24, 2.45) is 5.10 Å². The number of carbonyl (C=O) groups excluding carboxylic acids is 1. The third-order valence-electron chi connectivity index (χ3n) is 6.54. The van der Waals surface area contributed by atoms with Crippen LogP contribution in [0.4, 0.5) is 0 Å². The third-order valence-corrected chi connectivity index (χ3v) is 6.54. The molecule has 0 atom stereocenters. The van der Waals surface area contributed by atoms with Crippen LogP contribution >= 0.6 is 0 Å². The lowest BCUT2D eigenvalue weighted by Gasteiger charge is -2.14. The minimum Gasteiger partial charge on any atom is -0.463 e. The largest absolute Gasteiger partial charge is 0.463 e. The number of furan rings is 1. The molecule has 2 aromatic heterocycles. The lowest BCUT2D eigenvalue weighted by molar-refractivity contribution is -0.116. The Balaban J connectivity index is 1.36. The van der Waals surface area contributed by atoms with E-state index in [1.807, 2.05) is 18.2 Å². The second-order valence-corrected chi connectivity index (χ2v) is 8.77. The molecule has 0 unspecified atom stereocenters. The molecule has 6 heteroatoms. The van der Waals surface area contributed by atoms with Gasteiger partial charge in [0.1, 0.15) is 5.71 Å². The summed E-state index contributed by atoms with van der Waals surface area (Å²) in [5.74, 6) is 1.05. The van der Waals surface area contributed by atoms with Gasteiger partial charge >= 0.3 is 0 Å². The van der Waals surface area contributed by atoms with Crippen LogP contribution in [0.25, 0.3) is 6.08 Å². The van der Waals surface area contributed by atoms with Crippen molar-refractivity contribution in [3.05, 3.63) is 52.2 Å². The van der Waals surface area contributed by atoms with Crippen molar-refractivity contribution in [1.29, 1.82) is 0 Å². The number of hydrogen-bond acceptors (Lipinski definition) is 4. The second-order valence-electron chi connectivity index (χ2n) is 8.77. The molecule has 30 heavy (non-hydrogen) atoms. The fourth-order valence-electron chi connectivity index (χ4n) is 4.84. The van der Waals surface area contributed by atoms with E-state index >= 15 is 0 Å². The van der Waals surface area contributed by atoms with Crippen LogP contribution in [0.2, 0.25) is 0 Å². The maximum atomic E-state index is 12.5. The Hall–Kier alpha value is -2.60. The maximum Gasteiger partial charge on any atom is 0.273 e. The van der Waals surface area contributed by atoms with Crippen molar-refractivity contribution in [2.75, 3.05) is 19.6 Å². The summed E-state index contributed by atoms with van der Waals surface area (Å²) in [6.07, 6.45) is 12.3. The van der Waals surface area contributed by atoms with E-state index < -0.39 is 0 Å². The second kappa shape index (κ2) is 8.26. The molecule has 1 saturated heterocycles. The molecule has 6 nitrogen and oxygen atoms in total. The predicted octanol–water partition coefficient (Wildman–Crippen LogP) is 4.13. The molecular weight excluding hydrogens is 376 g/mol. The van der Waals surface area contributed by atoms with Gasteiger partial charge in [-0.05, 0) is 107 Å². The SMILES string of the molecule is Cc1[nH]c(/C=C2/C(=O)NN=C2c2ccco2)c(C2CC2)c1CCCCN1CCCC1. The lowest BCUT2D eigenvalue weighted by Crippen LogP contribution is -2.20. The van der Waals surface area contributed by atoms with E-state index in [4.69, 9.17) is 4.42 Å². The summed E-state index contributed by atoms with van der Waals surface area (Å²) in [7, 11) is 0. The normalized spacial score (nSPS) is 20.9. The first-order chi connectivity index (χ1) is 14.7. The van der Waals surface area contributed by atoms with Gasteiger partial charge in [0, 0.05) is 11.4 Å². The molecule has 2 aromatic rings. The highest BCUT2D eigenvalue weighted by Gasteiger charge is 2.32. The van der Waals surface area contributed by atoms with Gasteiger partial charge in [-0.15, -0.1) is 0 Å². The number of hydrogen-bond donors (Lipinski definition) is 2. The van der Waals surface area contributed by atoms with Crippen molar-refractivity contribution in [2.45, 2.75) is 57.8 Å². The molecule has 4 heterocycles. The van der Waals surface area contributed by atoms with E-state index in [-0.39, 0.29) is 5.91 Å². The Morgan fingerprint density at radius 3 is 2.83 bits per heavy atom. The van der Waals surface area contributed by atoms with Crippen LogP contribution < -0.4 is 5.43 Å². The number of carbonyl (C=O) groups is 1. The Morgan fingerprint density at radius 1 is 1.27 bits per heavy atom. The van der Waals surface area contributed by atoms with Gasteiger partial charge in [0.2, 0.25) is 0 Å². The van der Waals surface area contributed by atoms with Crippen LogP contribution in [0.15, 0.2) is 33.5 Å². The fraction of sp³-hybridized carbons (Fsp3) is 0.500. The molecule has 5 rings (SSSR count). The molecule has 2 fully saturated rings. The smallest absolute Gasteiger partial charge is 0.273 e. The van der Waals surface area contributed by atoms with Crippen molar-refractivity contribution >= 4 is 17.7 Å². The van der Waals surface area contributed by atoms with Crippen molar-refractivity contribution < 1.29 is 9.21 Å². The summed E-state index contributed by atoms with van der Waals surface area (Å²) in [6, 6.07) is 3.65. The quantitative estimate of drug-likeness (QED) is 0.511. The van der Waals surface area contributed by atoms with Crippen molar-refractivity contribution in [3.63, 3.8) is 0 Å². The first-order valence-corrected chi connectivity index (χ1v) is 11.3. The summed E-state index contributed by atoms with van der Waals surface area (Å²) in [5.41, 5.74) is 8.90. The molecule has 1 amide bonds. The monoisotopic (exact) mass is 406 g/mol. The predicted molar refractivity (Wildman–Crippen MR) is 117 cm³/mol. The van der Waals surface area contributed by atoms with Gasteiger partial charge in [0.05, 0.1) is 11.8 Å². The molecule has 3 aliphatic rings. The molecule has 0 aromatic carbocycles. The van der Waals surface area contributed by atoms with E-state index in [0.717, 1.165) is 12.1 Å². The van der Waals surface area contributed by atoms with Gasteiger partial charge in [0.25, 0.3) is 5.91 Å². The number of unbranched alkanes of at least 4 members (excludes halogenated alkanes) is 1. The maximum absolute atomic E-state index is 12.5. The Kier molecular flexibility index (Phi) is 5.34. The van der Waals surface area contributed by atoms with Crippen LogP contribution in [-0.2, 0) is 11.2 Å². The fourth-order valence-corrected chi connectivity index (χ4v) is 4.84. The van der Waals surface area contributed by atoms with Gasteiger partial charge in [-0.3, -0.25) is 4.79 Å². The number of aryl methyl sites for hydroxylation is 1. The Labute approximate surface area is 177 Å². The topological polar surface area (TPSA) is 73.6 Å². The molecule has 0 bridgehead atoms. The number of aromatic nitrogens is 1. The summed E-state index contributed by atoms with van der Waals surface area (Å²) in [4.78, 5) is 18.6. The highest BCUT2D eigenvalue weighted by Crippen LogP contribution is 2.45. The molecule has 158 valence electrons. The average Bonchev–Trinajstić information content (AvgIpc) is 3.14. The van der Waals surface area contributed by atoms with Gasteiger partial charge in [-0.2, -0.15) is 5.10 Å².